The molecule has 2 aromatic rings. The monoisotopic (exact) mass is 439 g/mol. The number of piperazine rings is 1. The lowest BCUT2D eigenvalue weighted by atomic mass is 10.1. The lowest BCUT2D eigenvalue weighted by Gasteiger charge is -2.34. The highest BCUT2D eigenvalue weighted by Crippen LogP contribution is 2.26. The Bertz CT molecular complexity index is 966. The topological polar surface area (TPSA) is 78.0 Å². The van der Waals surface area contributed by atoms with Crippen LogP contribution in [-0.2, 0) is 14.3 Å². The number of hydrogen-bond acceptors (Lipinski definition) is 6. The minimum absolute atomic E-state index is 0.0603. The molecule has 2 aliphatic heterocycles. The van der Waals surface area contributed by atoms with E-state index in [1.807, 2.05) is 23.1 Å². The molecule has 8 nitrogen and oxygen atoms in total. The van der Waals surface area contributed by atoms with Gasteiger partial charge in [0.25, 0.3) is 0 Å². The molecule has 0 radical (unpaired) electrons. The highest BCUT2D eigenvalue weighted by molar-refractivity contribution is 5.96. The number of carbonyl (C=O) groups is 2. The molecule has 1 N–H and O–H groups in total. The first-order valence-corrected chi connectivity index (χ1v) is 11.6. The average molecular weight is 440 g/mol. The van der Waals surface area contributed by atoms with Crippen molar-refractivity contribution >= 4 is 34.2 Å². The molecule has 3 heterocycles. The number of pyridine rings is 1. The Morgan fingerprint density at radius 2 is 1.78 bits per heavy atom. The van der Waals surface area contributed by atoms with Gasteiger partial charge in [-0.05, 0) is 43.3 Å². The first kappa shape index (κ1) is 22.5. The van der Waals surface area contributed by atoms with Gasteiger partial charge in [0.05, 0.1) is 18.7 Å². The van der Waals surface area contributed by atoms with Crippen LogP contribution in [0.1, 0.15) is 25.3 Å². The van der Waals surface area contributed by atoms with Gasteiger partial charge in [-0.15, -0.1) is 0 Å². The Morgan fingerprint density at radius 3 is 2.50 bits per heavy atom. The molecule has 0 saturated carbocycles. The highest BCUT2D eigenvalue weighted by atomic mass is 16.5. The molecule has 172 valence electrons. The van der Waals surface area contributed by atoms with Gasteiger partial charge in [-0.1, -0.05) is 6.92 Å². The molecule has 32 heavy (non-hydrogen) atoms. The summed E-state index contributed by atoms with van der Waals surface area (Å²) in [5.41, 5.74) is 2.76. The number of aromatic nitrogens is 1. The van der Waals surface area contributed by atoms with Crippen LogP contribution in [0.15, 0.2) is 24.3 Å². The van der Waals surface area contributed by atoms with Gasteiger partial charge >= 0.3 is 0 Å². The second-order valence-corrected chi connectivity index (χ2v) is 8.49. The van der Waals surface area contributed by atoms with Crippen LogP contribution in [0.2, 0.25) is 0 Å². The third-order valence-corrected chi connectivity index (χ3v) is 6.36. The predicted octanol–water partition coefficient (Wildman–Crippen LogP) is 2.26. The molecular weight excluding hydrogens is 406 g/mol. The van der Waals surface area contributed by atoms with Crippen molar-refractivity contribution in [1.82, 2.24) is 14.8 Å². The van der Waals surface area contributed by atoms with Crippen LogP contribution in [0.3, 0.4) is 0 Å². The van der Waals surface area contributed by atoms with E-state index in [0.29, 0.717) is 0 Å². The van der Waals surface area contributed by atoms with Crippen molar-refractivity contribution in [3.05, 3.63) is 29.8 Å². The maximum Gasteiger partial charge on any atom is 0.224 e. The van der Waals surface area contributed by atoms with Gasteiger partial charge in [-0.3, -0.25) is 9.59 Å². The molecule has 2 saturated heterocycles. The maximum absolute atomic E-state index is 12.5. The summed E-state index contributed by atoms with van der Waals surface area (Å²) < 4.78 is 5.43. The van der Waals surface area contributed by atoms with Crippen molar-refractivity contribution in [2.75, 3.05) is 69.2 Å². The van der Waals surface area contributed by atoms with E-state index in [9.17, 15) is 9.59 Å². The number of anilines is 2. The minimum Gasteiger partial charge on any atom is -0.378 e. The van der Waals surface area contributed by atoms with E-state index in [2.05, 4.69) is 35.0 Å². The second kappa shape index (κ2) is 10.3. The first-order chi connectivity index (χ1) is 15.5. The van der Waals surface area contributed by atoms with Crippen LogP contribution >= 0.6 is 0 Å². The van der Waals surface area contributed by atoms with Crippen LogP contribution in [0.25, 0.3) is 10.9 Å². The summed E-state index contributed by atoms with van der Waals surface area (Å²) in [7, 11) is 0. The lowest BCUT2D eigenvalue weighted by Crippen LogP contribution is -2.48. The minimum atomic E-state index is -0.138. The molecular formula is C24H33N5O3. The Labute approximate surface area is 189 Å². The van der Waals surface area contributed by atoms with Gasteiger partial charge in [0.1, 0.15) is 5.82 Å². The quantitative estimate of drug-likeness (QED) is 0.744. The van der Waals surface area contributed by atoms with Gasteiger partial charge in [0.2, 0.25) is 11.8 Å². The molecule has 0 bridgehead atoms. The average Bonchev–Trinajstić information content (AvgIpc) is 2.83. The molecule has 2 aliphatic rings. The Hall–Kier alpha value is -2.71. The van der Waals surface area contributed by atoms with Crippen LogP contribution in [0.4, 0.5) is 11.5 Å². The fourth-order valence-corrected chi connectivity index (χ4v) is 4.32. The summed E-state index contributed by atoms with van der Waals surface area (Å²) >= 11 is 0. The predicted molar refractivity (Wildman–Crippen MR) is 126 cm³/mol. The molecule has 1 aromatic carbocycles. The molecule has 0 aliphatic carbocycles. The van der Waals surface area contributed by atoms with E-state index in [1.54, 1.807) is 0 Å². The van der Waals surface area contributed by atoms with E-state index < -0.39 is 0 Å². The number of carbonyl (C=O) groups excluding carboxylic acids is 2. The number of ether oxygens (including phenoxy) is 1. The third kappa shape index (κ3) is 5.37. The van der Waals surface area contributed by atoms with Crippen LogP contribution < -0.4 is 10.2 Å². The van der Waals surface area contributed by atoms with Crippen molar-refractivity contribution in [2.45, 2.75) is 26.7 Å². The van der Waals surface area contributed by atoms with Crippen molar-refractivity contribution in [3.8, 4) is 0 Å². The highest BCUT2D eigenvalue weighted by Gasteiger charge is 2.20. The largest absolute Gasteiger partial charge is 0.378 e. The van der Waals surface area contributed by atoms with Crippen molar-refractivity contribution in [3.63, 3.8) is 0 Å². The number of likely N-dealkylation sites (N-methyl/N-ethyl adjacent to an activating group) is 1. The zero-order valence-electron chi connectivity index (χ0n) is 19.1. The second-order valence-electron chi connectivity index (χ2n) is 8.49. The number of nitrogens with one attached hydrogen (secondary N) is 1. The van der Waals surface area contributed by atoms with E-state index in [0.717, 1.165) is 87.0 Å². The molecule has 1 aromatic heterocycles. The number of rotatable bonds is 6. The van der Waals surface area contributed by atoms with E-state index in [1.165, 1.54) is 0 Å². The molecule has 0 spiro atoms. The standard InChI is InChI=1S/C24H33N5O3/c1-3-27-8-10-29(11-9-27)24(31)7-6-23(30)25-19-4-5-21-20(17-19)18(2)16-22(26-21)28-12-14-32-15-13-28/h4-5,16-17H,3,6-15H2,1-2H3,(H,25,30). The van der Waals surface area contributed by atoms with E-state index >= 15 is 0 Å². The van der Waals surface area contributed by atoms with E-state index in [-0.39, 0.29) is 24.7 Å². The van der Waals surface area contributed by atoms with Gasteiger partial charge in [0, 0.05) is 63.2 Å². The number of aryl methyl sites for hydroxylation is 1. The molecule has 0 unspecified atom stereocenters. The fraction of sp³-hybridized carbons (Fsp3) is 0.542. The summed E-state index contributed by atoms with van der Waals surface area (Å²) in [5.74, 6) is 0.888. The summed E-state index contributed by atoms with van der Waals surface area (Å²) in [6.45, 7) is 11.7. The number of nitrogens with zero attached hydrogens (tertiary/aromatic N) is 4. The van der Waals surface area contributed by atoms with Gasteiger partial charge in [-0.25, -0.2) is 4.98 Å². The smallest absolute Gasteiger partial charge is 0.224 e. The molecule has 0 atom stereocenters. The molecule has 8 heteroatoms. The van der Waals surface area contributed by atoms with Crippen LogP contribution in [0.5, 0.6) is 0 Å². The summed E-state index contributed by atoms with van der Waals surface area (Å²) in [4.78, 5) is 36.1. The SMILES string of the molecule is CCN1CCN(C(=O)CCC(=O)Nc2ccc3nc(N4CCOCC4)cc(C)c3c2)CC1. The van der Waals surface area contributed by atoms with Gasteiger partial charge in [0.15, 0.2) is 0 Å². The van der Waals surface area contributed by atoms with Crippen molar-refractivity contribution in [2.24, 2.45) is 0 Å². The zero-order valence-corrected chi connectivity index (χ0v) is 19.1. The number of benzene rings is 1. The number of fused-ring (bicyclic) bond motifs is 1. The first-order valence-electron chi connectivity index (χ1n) is 11.6. The van der Waals surface area contributed by atoms with Crippen molar-refractivity contribution in [1.29, 1.82) is 0 Å². The molecule has 2 amide bonds. The number of hydrogen-bond donors (Lipinski definition) is 1. The number of amides is 2. The molecule has 4 rings (SSSR count). The number of morpholine rings is 1. The maximum atomic E-state index is 12.5. The lowest BCUT2D eigenvalue weighted by molar-refractivity contribution is -0.134. The molecule has 2 fully saturated rings. The van der Waals surface area contributed by atoms with Crippen LogP contribution in [0, 0.1) is 6.92 Å². The van der Waals surface area contributed by atoms with Crippen LogP contribution in [-0.4, -0.2) is 85.6 Å². The summed E-state index contributed by atoms with van der Waals surface area (Å²) in [6, 6.07) is 7.88. The normalized spacial score (nSPS) is 17.6. The van der Waals surface area contributed by atoms with Gasteiger partial charge < -0.3 is 24.8 Å². The van der Waals surface area contributed by atoms with Crippen molar-refractivity contribution < 1.29 is 14.3 Å². The third-order valence-electron chi connectivity index (χ3n) is 6.36. The van der Waals surface area contributed by atoms with Gasteiger partial charge in [-0.2, -0.15) is 0 Å². The zero-order chi connectivity index (χ0) is 22.5. The summed E-state index contributed by atoms with van der Waals surface area (Å²) in [6.07, 6.45) is 0.438. The summed E-state index contributed by atoms with van der Waals surface area (Å²) in [5, 5.41) is 3.96. The Kier molecular flexibility index (Phi) is 7.22. The fourth-order valence-electron chi connectivity index (χ4n) is 4.32. The Morgan fingerprint density at radius 1 is 1.03 bits per heavy atom. The van der Waals surface area contributed by atoms with E-state index in [4.69, 9.17) is 9.72 Å². The Balaban J connectivity index is 1.34.